The Morgan fingerprint density at radius 3 is 2.83 bits per heavy atom. The highest BCUT2D eigenvalue weighted by atomic mass is 35.5. The summed E-state index contributed by atoms with van der Waals surface area (Å²) in [4.78, 5) is 15.4. The van der Waals surface area contributed by atoms with Crippen LogP contribution in [0.1, 0.15) is 67.9 Å². The second-order valence-corrected chi connectivity index (χ2v) is 13.1. The molecule has 0 unspecified atom stereocenters. The number of hydrogen-bond donors (Lipinski definition) is 1. The van der Waals surface area contributed by atoms with E-state index >= 15 is 0 Å². The molecule has 4 atom stereocenters. The van der Waals surface area contributed by atoms with Gasteiger partial charge in [0.15, 0.2) is 0 Å². The summed E-state index contributed by atoms with van der Waals surface area (Å²) in [5, 5.41) is 11.7. The van der Waals surface area contributed by atoms with Crippen LogP contribution >= 0.6 is 11.6 Å². The second kappa shape index (κ2) is 11.8. The number of aryl methyl sites for hydroxylation is 1. The number of carbonyl (C=O) groups is 1. The third-order valence-electron chi connectivity index (χ3n) is 8.62. The van der Waals surface area contributed by atoms with Gasteiger partial charge in [0.1, 0.15) is 11.4 Å². The van der Waals surface area contributed by atoms with Crippen molar-refractivity contribution in [2.24, 2.45) is 11.8 Å². The summed E-state index contributed by atoms with van der Waals surface area (Å²) in [6.07, 6.45) is 6.30. The van der Waals surface area contributed by atoms with E-state index in [1.54, 1.807) is 12.1 Å². The molecule has 0 saturated heterocycles. The van der Waals surface area contributed by atoms with Crippen molar-refractivity contribution in [3.05, 3.63) is 70.8 Å². The summed E-state index contributed by atoms with van der Waals surface area (Å²) in [6.45, 7) is 12.2. The molecule has 2 aliphatic carbocycles. The summed E-state index contributed by atoms with van der Waals surface area (Å²) >= 11 is 6.39. The van der Waals surface area contributed by atoms with E-state index in [2.05, 4.69) is 23.6 Å². The smallest absolute Gasteiger partial charge is 0.338 e. The van der Waals surface area contributed by atoms with E-state index in [4.69, 9.17) is 25.8 Å². The van der Waals surface area contributed by atoms with Gasteiger partial charge in [-0.1, -0.05) is 23.7 Å². The summed E-state index contributed by atoms with van der Waals surface area (Å²) in [5.41, 5.74) is 3.23. The van der Waals surface area contributed by atoms with Crippen LogP contribution in [0.3, 0.4) is 0 Å². The average Bonchev–Trinajstić information content (AvgIpc) is 3.03. The first-order chi connectivity index (χ1) is 19.1. The molecule has 6 nitrogen and oxygen atoms in total. The number of ether oxygens (including phenoxy) is 3. The van der Waals surface area contributed by atoms with Crippen LogP contribution in [0.2, 0.25) is 5.02 Å². The van der Waals surface area contributed by atoms with Crippen molar-refractivity contribution < 1.29 is 24.1 Å². The zero-order valence-corrected chi connectivity index (χ0v) is 24.7. The zero-order chi connectivity index (χ0) is 28.5. The highest BCUT2D eigenvalue weighted by Gasteiger charge is 2.44. The molecule has 3 aliphatic rings. The Morgan fingerprint density at radius 1 is 1.27 bits per heavy atom. The molecule has 0 amide bonds. The van der Waals surface area contributed by atoms with Crippen LogP contribution in [-0.4, -0.2) is 55.7 Å². The van der Waals surface area contributed by atoms with Gasteiger partial charge in [0.2, 0.25) is 0 Å². The van der Waals surface area contributed by atoms with Crippen molar-refractivity contribution >= 4 is 23.3 Å². The molecule has 40 heavy (non-hydrogen) atoms. The fraction of sp³-hybridized carbons (Fsp3) is 0.545. The van der Waals surface area contributed by atoms with Crippen LogP contribution in [0.4, 0.5) is 5.69 Å². The van der Waals surface area contributed by atoms with Crippen LogP contribution in [0, 0.1) is 11.8 Å². The van der Waals surface area contributed by atoms with Crippen LogP contribution in [-0.2, 0) is 21.3 Å². The summed E-state index contributed by atoms with van der Waals surface area (Å²) in [5.74, 6) is 0.905. The fourth-order valence-corrected chi connectivity index (χ4v) is 6.78. The SMILES string of the molecule is C=CCOC[C@@H](O)[C@@H]1CC[C@H]1CN1C[C@@]2(CCCc3cc(Cl)ccc32)COc2ccc(C(=O)OC(C)(C)C)cc21. The lowest BCUT2D eigenvalue weighted by molar-refractivity contribution is -0.0367. The van der Waals surface area contributed by atoms with Crippen LogP contribution in [0.5, 0.6) is 5.75 Å². The van der Waals surface area contributed by atoms with E-state index in [0.717, 1.165) is 61.7 Å². The van der Waals surface area contributed by atoms with Crippen molar-refractivity contribution in [1.82, 2.24) is 0 Å². The predicted molar refractivity (Wildman–Crippen MR) is 159 cm³/mol. The Bertz CT molecular complexity index is 1240. The van der Waals surface area contributed by atoms with E-state index in [1.165, 1.54) is 11.1 Å². The molecule has 0 aromatic heterocycles. The summed E-state index contributed by atoms with van der Waals surface area (Å²) in [6, 6.07) is 11.9. The molecule has 0 radical (unpaired) electrons. The molecule has 1 spiro atoms. The van der Waals surface area contributed by atoms with Crippen molar-refractivity contribution in [2.75, 3.05) is 37.8 Å². The maximum absolute atomic E-state index is 13.0. The highest BCUT2D eigenvalue weighted by Crippen LogP contribution is 2.46. The zero-order valence-electron chi connectivity index (χ0n) is 24.0. The minimum absolute atomic E-state index is 0.167. The van der Waals surface area contributed by atoms with Gasteiger partial charge in [-0.2, -0.15) is 0 Å². The maximum atomic E-state index is 13.0. The predicted octanol–water partition coefficient (Wildman–Crippen LogP) is 6.36. The number of halogens is 1. The number of aliphatic hydroxyl groups is 1. The second-order valence-electron chi connectivity index (χ2n) is 12.7. The Labute approximate surface area is 243 Å². The molecule has 216 valence electrons. The molecule has 2 aromatic rings. The minimum Gasteiger partial charge on any atom is -0.490 e. The molecule has 1 heterocycles. The number of aliphatic hydroxyl groups excluding tert-OH is 1. The average molecular weight is 568 g/mol. The van der Waals surface area contributed by atoms with Gasteiger partial charge >= 0.3 is 5.97 Å². The number of rotatable bonds is 8. The quantitative estimate of drug-likeness (QED) is 0.227. The highest BCUT2D eigenvalue weighted by molar-refractivity contribution is 6.30. The van der Waals surface area contributed by atoms with E-state index in [-0.39, 0.29) is 17.3 Å². The van der Waals surface area contributed by atoms with Gasteiger partial charge in [-0.05, 0) is 106 Å². The topological polar surface area (TPSA) is 68.2 Å². The van der Waals surface area contributed by atoms with Gasteiger partial charge in [-0.3, -0.25) is 0 Å². The normalized spacial score (nSPS) is 24.7. The lowest BCUT2D eigenvalue weighted by Gasteiger charge is -2.45. The molecular formula is C33H42ClNO5. The minimum atomic E-state index is -0.583. The molecule has 1 N–H and O–H groups in total. The van der Waals surface area contributed by atoms with Crippen LogP contribution in [0.15, 0.2) is 49.1 Å². The largest absolute Gasteiger partial charge is 0.490 e. The summed E-state index contributed by atoms with van der Waals surface area (Å²) in [7, 11) is 0. The third-order valence-corrected chi connectivity index (χ3v) is 8.86. The molecule has 1 aliphatic heterocycles. The van der Waals surface area contributed by atoms with Gasteiger partial charge in [-0.25, -0.2) is 4.79 Å². The first-order valence-corrected chi connectivity index (χ1v) is 14.9. The number of esters is 1. The Hall–Kier alpha value is -2.54. The Morgan fingerprint density at radius 2 is 2.10 bits per heavy atom. The molecule has 1 saturated carbocycles. The van der Waals surface area contributed by atoms with Gasteiger partial charge in [0.25, 0.3) is 0 Å². The van der Waals surface area contributed by atoms with Crippen molar-refractivity contribution in [2.45, 2.75) is 70.0 Å². The van der Waals surface area contributed by atoms with E-state index in [9.17, 15) is 9.90 Å². The molecule has 7 heteroatoms. The molecular weight excluding hydrogens is 526 g/mol. The lowest BCUT2D eigenvalue weighted by atomic mass is 9.68. The van der Waals surface area contributed by atoms with E-state index in [1.807, 2.05) is 39.0 Å². The standard InChI is InChI=1S/C33H42ClNO5/c1-5-15-38-19-29(36)26-11-8-24(26)18-35-20-33(14-6-7-22-16-25(34)10-12-27(22)33)21-39-30-13-9-23(17-28(30)35)31(37)40-32(2,3)4/h5,9-10,12-13,16-17,24,26,29,36H,1,6-8,11,14-15,18-21H2,2-4H3/t24-,26+,29+,33-/m0/s1. The lowest BCUT2D eigenvalue weighted by Crippen LogP contribution is -2.50. The number of anilines is 1. The van der Waals surface area contributed by atoms with Gasteiger partial charge in [-0.15, -0.1) is 6.58 Å². The van der Waals surface area contributed by atoms with Crippen molar-refractivity contribution in [3.8, 4) is 5.75 Å². The number of hydrogen-bond acceptors (Lipinski definition) is 6. The molecule has 0 bridgehead atoms. The molecule has 1 fully saturated rings. The fourth-order valence-electron chi connectivity index (χ4n) is 6.58. The molecule has 2 aromatic carbocycles. The third kappa shape index (κ3) is 6.19. The summed E-state index contributed by atoms with van der Waals surface area (Å²) < 4.78 is 17.8. The first kappa shape index (κ1) is 29.0. The van der Waals surface area contributed by atoms with Gasteiger partial charge in [0.05, 0.1) is 37.2 Å². The first-order valence-electron chi connectivity index (χ1n) is 14.5. The number of carbonyl (C=O) groups excluding carboxylic acids is 1. The van der Waals surface area contributed by atoms with E-state index < -0.39 is 11.7 Å². The van der Waals surface area contributed by atoms with E-state index in [0.29, 0.717) is 31.3 Å². The van der Waals surface area contributed by atoms with Crippen molar-refractivity contribution in [3.63, 3.8) is 0 Å². The Kier molecular flexibility index (Phi) is 8.51. The van der Waals surface area contributed by atoms with Gasteiger partial charge in [0, 0.05) is 23.5 Å². The molecule has 5 rings (SSSR count). The number of benzene rings is 2. The number of nitrogens with zero attached hydrogens (tertiary/aromatic N) is 1. The van der Waals surface area contributed by atoms with Gasteiger partial charge < -0.3 is 24.2 Å². The maximum Gasteiger partial charge on any atom is 0.338 e. The van der Waals surface area contributed by atoms with Crippen LogP contribution < -0.4 is 9.64 Å². The monoisotopic (exact) mass is 567 g/mol. The Balaban J connectivity index is 1.47. The number of fused-ring (bicyclic) bond motifs is 3. The van der Waals surface area contributed by atoms with Crippen molar-refractivity contribution in [1.29, 1.82) is 0 Å². The van der Waals surface area contributed by atoms with Crippen LogP contribution in [0.25, 0.3) is 0 Å².